The number of rotatable bonds is 3. The van der Waals surface area contributed by atoms with E-state index in [9.17, 15) is 0 Å². The Morgan fingerprint density at radius 3 is 2.50 bits per heavy atom. The maximum atomic E-state index is 5.08. The molecular weight excluding hydrogens is 78.0 g/mol. The fraction of sp³-hybridized carbons (Fsp3) is 0.750. The minimum atomic E-state index is 0.566. The third kappa shape index (κ3) is 3.92. The van der Waals surface area contributed by atoms with Crippen molar-refractivity contribution in [2.45, 2.75) is 6.42 Å². The third-order valence-electron chi connectivity index (χ3n) is 0.466. The summed E-state index contributed by atoms with van der Waals surface area (Å²) in [6.07, 6.45) is 0.844. The first-order chi connectivity index (χ1) is 2.91. The van der Waals surface area contributed by atoms with E-state index in [-0.39, 0.29) is 0 Å². The lowest BCUT2D eigenvalue weighted by atomic mass is 10.5. The van der Waals surface area contributed by atoms with E-state index in [0.29, 0.717) is 13.2 Å². The molecule has 0 aromatic heterocycles. The van der Waals surface area contributed by atoms with E-state index in [1.165, 1.54) is 0 Å². The summed E-state index contributed by atoms with van der Waals surface area (Å²) in [5, 5.41) is 0. The van der Waals surface area contributed by atoms with Crippen LogP contribution in [-0.4, -0.2) is 13.2 Å². The lowest BCUT2D eigenvalue weighted by Crippen LogP contribution is -2.01. The van der Waals surface area contributed by atoms with Crippen molar-refractivity contribution in [2.75, 3.05) is 13.2 Å². The van der Waals surface area contributed by atoms with Gasteiger partial charge < -0.3 is 10.5 Å². The zero-order valence-electron chi connectivity index (χ0n) is 3.68. The molecule has 0 aliphatic rings. The van der Waals surface area contributed by atoms with E-state index in [0.717, 1.165) is 6.42 Å². The Morgan fingerprint density at radius 1 is 1.67 bits per heavy atom. The molecule has 0 fully saturated rings. The van der Waals surface area contributed by atoms with Gasteiger partial charge in [-0.1, -0.05) is 0 Å². The fourth-order valence-corrected chi connectivity index (χ4v) is 0.167. The molecule has 2 nitrogen and oxygen atoms in total. The van der Waals surface area contributed by atoms with Crippen LogP contribution in [0.1, 0.15) is 6.42 Å². The molecule has 0 saturated carbocycles. The highest BCUT2D eigenvalue weighted by atomic mass is 16.5. The van der Waals surface area contributed by atoms with Gasteiger partial charge in [0.15, 0.2) is 0 Å². The molecule has 0 unspecified atom stereocenters. The van der Waals surface area contributed by atoms with Crippen molar-refractivity contribution in [2.24, 2.45) is 5.73 Å². The monoisotopic (exact) mass is 87.1 g/mol. The van der Waals surface area contributed by atoms with Crippen molar-refractivity contribution >= 4 is 0 Å². The number of hydrogen-bond donors (Lipinski definition) is 1. The maximum Gasteiger partial charge on any atom is 0.115 e. The van der Waals surface area contributed by atoms with E-state index in [4.69, 9.17) is 5.73 Å². The molecule has 6 heavy (non-hydrogen) atoms. The van der Waals surface area contributed by atoms with Gasteiger partial charge in [0.1, 0.15) is 7.11 Å². The summed E-state index contributed by atoms with van der Waals surface area (Å²) in [7, 11) is 4.66. The Balaban J connectivity index is 2.34. The molecule has 0 atom stereocenters. The van der Waals surface area contributed by atoms with Crippen LogP contribution in [-0.2, 0) is 4.74 Å². The van der Waals surface area contributed by atoms with Crippen LogP contribution in [0.25, 0.3) is 0 Å². The highest BCUT2D eigenvalue weighted by molar-refractivity contribution is 4.32. The van der Waals surface area contributed by atoms with Gasteiger partial charge >= 0.3 is 0 Å². The Morgan fingerprint density at radius 2 is 2.33 bits per heavy atom. The minimum Gasteiger partial charge on any atom is -0.373 e. The molecule has 0 aromatic rings. The predicted molar refractivity (Wildman–Crippen MR) is 23.9 cm³/mol. The summed E-state index contributed by atoms with van der Waals surface area (Å²) in [6.45, 7) is 1.22. The first kappa shape index (κ1) is 5.92. The van der Waals surface area contributed by atoms with Crippen LogP contribution in [0, 0.1) is 7.11 Å². The van der Waals surface area contributed by atoms with E-state index in [1.807, 2.05) is 0 Å². The quantitative estimate of drug-likeness (QED) is 0.492. The van der Waals surface area contributed by atoms with Crippen molar-refractivity contribution in [3.63, 3.8) is 0 Å². The number of ether oxygens (including phenoxy) is 1. The molecule has 36 valence electrons. The van der Waals surface area contributed by atoms with Gasteiger partial charge in [-0.3, -0.25) is 0 Å². The first-order valence-corrected chi connectivity index (χ1v) is 1.93. The van der Waals surface area contributed by atoms with Crippen LogP contribution >= 0.6 is 0 Å². The van der Waals surface area contributed by atoms with Crippen molar-refractivity contribution in [1.82, 2.24) is 0 Å². The second-order valence-corrected chi connectivity index (χ2v) is 1.01. The second-order valence-electron chi connectivity index (χ2n) is 1.01. The summed E-state index contributed by atoms with van der Waals surface area (Å²) in [5.74, 6) is 0. The van der Waals surface area contributed by atoms with Crippen molar-refractivity contribution in [1.29, 1.82) is 0 Å². The standard InChI is InChI=1S/C4H9NO/c1-6-4-2-3-5/h1H,2-5H2. The normalized spacial score (nSPS) is 9.00. The van der Waals surface area contributed by atoms with Crippen LogP contribution in [0.4, 0.5) is 0 Å². The summed E-state index contributed by atoms with van der Waals surface area (Å²) >= 11 is 0. The second kappa shape index (κ2) is 4.92. The van der Waals surface area contributed by atoms with E-state index < -0.39 is 0 Å². The van der Waals surface area contributed by atoms with Gasteiger partial charge in [-0.05, 0) is 13.0 Å². The molecule has 0 heterocycles. The smallest absolute Gasteiger partial charge is 0.115 e. The van der Waals surface area contributed by atoms with Gasteiger partial charge in [0, 0.05) is 6.61 Å². The van der Waals surface area contributed by atoms with E-state index in [2.05, 4.69) is 11.8 Å². The maximum absolute atomic E-state index is 5.08. The zero-order valence-corrected chi connectivity index (χ0v) is 3.68. The van der Waals surface area contributed by atoms with Crippen LogP contribution in [0.15, 0.2) is 0 Å². The van der Waals surface area contributed by atoms with E-state index >= 15 is 0 Å². The SMILES string of the molecule is [CH]OCCCN. The fourth-order valence-electron chi connectivity index (χ4n) is 0.167. The molecule has 0 spiro atoms. The number of hydrogen-bond acceptors (Lipinski definition) is 2. The van der Waals surface area contributed by atoms with Gasteiger partial charge in [0.05, 0.1) is 0 Å². The largest absolute Gasteiger partial charge is 0.373 e. The number of nitrogens with two attached hydrogens (primary N) is 1. The molecule has 0 aromatic carbocycles. The molecule has 2 heteroatoms. The molecule has 2 N–H and O–H groups in total. The lowest BCUT2D eigenvalue weighted by molar-refractivity contribution is 0.239. The molecule has 0 bridgehead atoms. The third-order valence-corrected chi connectivity index (χ3v) is 0.466. The van der Waals surface area contributed by atoms with Crippen molar-refractivity contribution in [3.8, 4) is 0 Å². The van der Waals surface area contributed by atoms with Crippen molar-refractivity contribution in [3.05, 3.63) is 7.11 Å². The first-order valence-electron chi connectivity index (χ1n) is 1.93. The van der Waals surface area contributed by atoms with E-state index in [1.54, 1.807) is 0 Å². The summed E-state index contributed by atoms with van der Waals surface area (Å²) in [6, 6.07) is 0. The van der Waals surface area contributed by atoms with Gasteiger partial charge in [0.25, 0.3) is 0 Å². The lowest BCUT2D eigenvalue weighted by Gasteiger charge is -1.88. The zero-order chi connectivity index (χ0) is 4.83. The average molecular weight is 87.1 g/mol. The van der Waals surface area contributed by atoms with Crippen molar-refractivity contribution < 1.29 is 4.74 Å². The molecule has 0 saturated heterocycles. The molecule has 2 radical (unpaired) electrons. The van der Waals surface area contributed by atoms with Crippen LogP contribution in [0.3, 0.4) is 0 Å². The van der Waals surface area contributed by atoms with Crippen LogP contribution < -0.4 is 5.73 Å². The Labute approximate surface area is 38.3 Å². The minimum absolute atomic E-state index is 0.566. The van der Waals surface area contributed by atoms with Gasteiger partial charge in [-0.2, -0.15) is 0 Å². The molecule has 0 amide bonds. The Bertz CT molecular complexity index is 19.5. The van der Waals surface area contributed by atoms with Gasteiger partial charge in [-0.25, -0.2) is 0 Å². The molecule has 0 aliphatic heterocycles. The van der Waals surface area contributed by atoms with Gasteiger partial charge in [-0.15, -0.1) is 0 Å². The van der Waals surface area contributed by atoms with Crippen LogP contribution in [0.5, 0.6) is 0 Å². The highest BCUT2D eigenvalue weighted by Crippen LogP contribution is 1.72. The molecular formula is C4H9NO. The van der Waals surface area contributed by atoms with Gasteiger partial charge in [0.2, 0.25) is 0 Å². The summed E-state index contributed by atoms with van der Waals surface area (Å²) in [5.41, 5.74) is 5.08. The topological polar surface area (TPSA) is 35.2 Å². The predicted octanol–water partition coefficient (Wildman–Crippen LogP) is 0.0204. The molecule has 0 rings (SSSR count). The molecule has 0 aliphatic carbocycles. The Hall–Kier alpha value is -0.0800. The highest BCUT2D eigenvalue weighted by Gasteiger charge is 1.75. The van der Waals surface area contributed by atoms with Crippen LogP contribution in [0.2, 0.25) is 0 Å². The Kier molecular flexibility index (Phi) is 4.85. The average Bonchev–Trinajstić information content (AvgIpc) is 1.61. The summed E-state index contributed by atoms with van der Waals surface area (Å²) < 4.78 is 4.20. The summed E-state index contributed by atoms with van der Waals surface area (Å²) in [4.78, 5) is 0.